The van der Waals surface area contributed by atoms with Gasteiger partial charge in [0.15, 0.2) is 0 Å². The van der Waals surface area contributed by atoms with Gasteiger partial charge in [-0.3, -0.25) is 0 Å². The molecule has 0 aliphatic heterocycles. The van der Waals surface area contributed by atoms with E-state index < -0.39 is 10.0 Å². The molecule has 2 rings (SSSR count). The maximum absolute atomic E-state index is 12.6. The van der Waals surface area contributed by atoms with Crippen molar-refractivity contribution in [3.8, 4) is 0 Å². The Labute approximate surface area is 126 Å². The fourth-order valence-electron chi connectivity index (χ4n) is 2.89. The van der Waals surface area contributed by atoms with Crippen LogP contribution in [0.15, 0.2) is 29.2 Å². The molecule has 2 N–H and O–H groups in total. The fourth-order valence-corrected chi connectivity index (χ4v) is 4.47. The lowest BCUT2D eigenvalue weighted by atomic mass is 9.85. The summed E-state index contributed by atoms with van der Waals surface area (Å²) in [6.07, 6.45) is 4.07. The van der Waals surface area contributed by atoms with Gasteiger partial charge in [-0.25, -0.2) is 8.42 Å². The largest absolute Gasteiger partial charge is 0.330 e. The Morgan fingerprint density at radius 1 is 1.25 bits per heavy atom. The van der Waals surface area contributed by atoms with Gasteiger partial charge in [-0.15, -0.1) is 0 Å². The lowest BCUT2D eigenvalue weighted by Crippen LogP contribution is -2.45. The predicted molar refractivity (Wildman–Crippen MR) is 81.2 cm³/mol. The van der Waals surface area contributed by atoms with Crippen LogP contribution in [0.25, 0.3) is 0 Å². The van der Waals surface area contributed by atoms with Crippen molar-refractivity contribution >= 4 is 21.6 Å². The standard InChI is InChI=1S/C14H21ClN2O2S/c1-17(14-5-3-2-4-11(14)10-16)20(18,19)13-8-6-12(15)7-9-13/h6-9,11,14H,2-5,10,16H2,1H3. The molecule has 0 saturated heterocycles. The molecule has 2 atom stereocenters. The van der Waals surface area contributed by atoms with Crippen LogP contribution in [0.5, 0.6) is 0 Å². The van der Waals surface area contributed by atoms with E-state index in [2.05, 4.69) is 0 Å². The lowest BCUT2D eigenvalue weighted by Gasteiger charge is -2.36. The molecule has 0 radical (unpaired) electrons. The molecule has 1 aliphatic carbocycles. The molecule has 0 aromatic heterocycles. The highest BCUT2D eigenvalue weighted by atomic mass is 35.5. The van der Waals surface area contributed by atoms with Crippen LogP contribution in [0.4, 0.5) is 0 Å². The number of halogens is 1. The third kappa shape index (κ3) is 3.17. The van der Waals surface area contributed by atoms with Crippen molar-refractivity contribution < 1.29 is 8.42 Å². The van der Waals surface area contributed by atoms with Gasteiger partial charge in [0.1, 0.15) is 0 Å². The highest BCUT2D eigenvalue weighted by Gasteiger charge is 2.34. The van der Waals surface area contributed by atoms with Crippen LogP contribution < -0.4 is 5.73 Å². The van der Waals surface area contributed by atoms with Crippen molar-refractivity contribution in [3.05, 3.63) is 29.3 Å². The fraction of sp³-hybridized carbons (Fsp3) is 0.571. The van der Waals surface area contributed by atoms with Crippen LogP contribution in [0, 0.1) is 5.92 Å². The van der Waals surface area contributed by atoms with Crippen molar-refractivity contribution in [2.75, 3.05) is 13.6 Å². The van der Waals surface area contributed by atoms with Crippen molar-refractivity contribution in [1.82, 2.24) is 4.31 Å². The van der Waals surface area contributed by atoms with E-state index in [4.69, 9.17) is 17.3 Å². The van der Waals surface area contributed by atoms with E-state index in [0.717, 1.165) is 25.7 Å². The Bertz CT molecular complexity index is 545. The van der Waals surface area contributed by atoms with Gasteiger partial charge in [0, 0.05) is 18.1 Å². The summed E-state index contributed by atoms with van der Waals surface area (Å²) < 4.78 is 26.8. The summed E-state index contributed by atoms with van der Waals surface area (Å²) in [5.74, 6) is 0.246. The first-order valence-corrected chi connectivity index (χ1v) is 8.72. The molecule has 1 saturated carbocycles. The number of benzene rings is 1. The number of nitrogens with two attached hydrogens (primary N) is 1. The van der Waals surface area contributed by atoms with E-state index in [-0.39, 0.29) is 16.9 Å². The summed E-state index contributed by atoms with van der Waals surface area (Å²) in [6, 6.07) is 6.30. The van der Waals surface area contributed by atoms with Gasteiger partial charge in [0.2, 0.25) is 10.0 Å². The zero-order valence-electron chi connectivity index (χ0n) is 11.6. The first-order chi connectivity index (χ1) is 9.46. The lowest BCUT2D eigenvalue weighted by molar-refractivity contribution is 0.204. The molecule has 4 nitrogen and oxygen atoms in total. The molecule has 0 amide bonds. The summed E-state index contributed by atoms with van der Waals surface area (Å²) in [5, 5.41) is 0.532. The van der Waals surface area contributed by atoms with E-state index in [1.807, 2.05) is 0 Å². The first-order valence-electron chi connectivity index (χ1n) is 6.90. The van der Waals surface area contributed by atoms with Crippen molar-refractivity contribution in [2.45, 2.75) is 36.6 Å². The Balaban J connectivity index is 2.26. The summed E-state index contributed by atoms with van der Waals surface area (Å²) in [4.78, 5) is 0.283. The summed E-state index contributed by atoms with van der Waals surface area (Å²) in [5.41, 5.74) is 5.79. The third-order valence-corrected chi connectivity index (χ3v) is 6.28. The monoisotopic (exact) mass is 316 g/mol. The number of sulfonamides is 1. The van der Waals surface area contributed by atoms with Crippen molar-refractivity contribution in [3.63, 3.8) is 0 Å². The van der Waals surface area contributed by atoms with Gasteiger partial charge in [0.05, 0.1) is 4.90 Å². The number of rotatable bonds is 4. The average molecular weight is 317 g/mol. The highest BCUT2D eigenvalue weighted by Crippen LogP contribution is 2.30. The molecule has 2 unspecified atom stereocenters. The molecule has 0 spiro atoms. The van der Waals surface area contributed by atoms with Gasteiger partial charge < -0.3 is 5.73 Å². The van der Waals surface area contributed by atoms with Gasteiger partial charge in [0.25, 0.3) is 0 Å². The van der Waals surface area contributed by atoms with E-state index in [0.29, 0.717) is 11.6 Å². The highest BCUT2D eigenvalue weighted by molar-refractivity contribution is 7.89. The SMILES string of the molecule is CN(C1CCCCC1CN)S(=O)(=O)c1ccc(Cl)cc1. The summed E-state index contributed by atoms with van der Waals surface area (Å²) >= 11 is 5.81. The first kappa shape index (κ1) is 15.8. The zero-order chi connectivity index (χ0) is 14.8. The van der Waals surface area contributed by atoms with E-state index in [1.165, 1.54) is 4.31 Å². The molecule has 112 valence electrons. The normalized spacial score (nSPS) is 24.0. The van der Waals surface area contributed by atoms with Gasteiger partial charge in [-0.1, -0.05) is 24.4 Å². The molecule has 1 fully saturated rings. The second kappa shape index (κ2) is 6.43. The van der Waals surface area contributed by atoms with Crippen molar-refractivity contribution in [2.24, 2.45) is 11.7 Å². The van der Waals surface area contributed by atoms with E-state index in [1.54, 1.807) is 31.3 Å². The predicted octanol–water partition coefficient (Wildman–Crippen LogP) is 2.48. The van der Waals surface area contributed by atoms with Gasteiger partial charge >= 0.3 is 0 Å². The summed E-state index contributed by atoms with van der Waals surface area (Å²) in [7, 11) is -1.82. The minimum Gasteiger partial charge on any atom is -0.330 e. The Morgan fingerprint density at radius 3 is 2.45 bits per heavy atom. The van der Waals surface area contributed by atoms with Gasteiger partial charge in [-0.2, -0.15) is 4.31 Å². The molecule has 20 heavy (non-hydrogen) atoms. The van der Waals surface area contributed by atoms with Crippen LogP contribution in [-0.4, -0.2) is 32.4 Å². The molecule has 1 aromatic carbocycles. The number of hydrogen-bond donors (Lipinski definition) is 1. The Hall–Kier alpha value is -0.620. The average Bonchev–Trinajstić information content (AvgIpc) is 2.46. The molecule has 1 aliphatic rings. The maximum Gasteiger partial charge on any atom is 0.243 e. The maximum atomic E-state index is 12.6. The zero-order valence-corrected chi connectivity index (χ0v) is 13.2. The van der Waals surface area contributed by atoms with Crippen LogP contribution in [0.1, 0.15) is 25.7 Å². The smallest absolute Gasteiger partial charge is 0.243 e. The van der Waals surface area contributed by atoms with Crippen LogP contribution >= 0.6 is 11.6 Å². The van der Waals surface area contributed by atoms with Gasteiger partial charge in [-0.05, 0) is 49.6 Å². The molecular weight excluding hydrogens is 296 g/mol. The van der Waals surface area contributed by atoms with E-state index in [9.17, 15) is 8.42 Å². The van der Waals surface area contributed by atoms with E-state index >= 15 is 0 Å². The second-order valence-corrected chi connectivity index (χ2v) is 7.76. The Morgan fingerprint density at radius 2 is 1.85 bits per heavy atom. The number of nitrogens with zero attached hydrogens (tertiary/aromatic N) is 1. The molecular formula is C14H21ClN2O2S. The quantitative estimate of drug-likeness (QED) is 0.928. The minimum atomic E-state index is -3.48. The minimum absolute atomic E-state index is 0.00516. The van der Waals surface area contributed by atoms with Crippen LogP contribution in [-0.2, 0) is 10.0 Å². The Kier molecular flexibility index (Phi) is 5.07. The topological polar surface area (TPSA) is 63.4 Å². The van der Waals surface area contributed by atoms with Crippen LogP contribution in [0.3, 0.4) is 0 Å². The molecule has 0 heterocycles. The third-order valence-electron chi connectivity index (χ3n) is 4.13. The molecule has 6 heteroatoms. The second-order valence-electron chi connectivity index (χ2n) is 5.32. The number of hydrogen-bond acceptors (Lipinski definition) is 3. The summed E-state index contributed by atoms with van der Waals surface area (Å²) in [6.45, 7) is 0.533. The van der Waals surface area contributed by atoms with Crippen molar-refractivity contribution in [1.29, 1.82) is 0 Å². The van der Waals surface area contributed by atoms with Crippen LogP contribution in [0.2, 0.25) is 5.02 Å². The molecule has 0 bridgehead atoms. The molecule has 1 aromatic rings.